The van der Waals surface area contributed by atoms with E-state index in [0.29, 0.717) is 12.0 Å². The predicted molar refractivity (Wildman–Crippen MR) is 55.2 cm³/mol. The maximum Gasteiger partial charge on any atom is 0.312 e. The summed E-state index contributed by atoms with van der Waals surface area (Å²) in [5, 5.41) is 8.84. The number of benzene rings is 1. The lowest BCUT2D eigenvalue weighted by Crippen LogP contribution is -2.22. The van der Waals surface area contributed by atoms with E-state index in [1.807, 2.05) is 0 Å². The molecule has 5 heteroatoms. The van der Waals surface area contributed by atoms with E-state index >= 15 is 0 Å². The van der Waals surface area contributed by atoms with E-state index < -0.39 is 23.5 Å². The van der Waals surface area contributed by atoms with Crippen molar-refractivity contribution < 1.29 is 18.7 Å². The van der Waals surface area contributed by atoms with Crippen LogP contribution in [0, 0.1) is 11.6 Å². The van der Waals surface area contributed by atoms with Crippen LogP contribution in [0.1, 0.15) is 24.0 Å². The normalized spacial score (nSPS) is 12.5. The number of halogens is 2. The second kappa shape index (κ2) is 5.03. The van der Waals surface area contributed by atoms with Gasteiger partial charge in [0.15, 0.2) is 11.6 Å². The van der Waals surface area contributed by atoms with Gasteiger partial charge in [0.25, 0.3) is 0 Å². The minimum absolute atomic E-state index is 0.188. The fraction of sp³-hybridized carbons (Fsp3) is 0.364. The van der Waals surface area contributed by atoms with Crippen molar-refractivity contribution in [1.29, 1.82) is 0 Å². The van der Waals surface area contributed by atoms with Gasteiger partial charge in [-0.05, 0) is 18.1 Å². The molecule has 1 rings (SSSR count). The highest BCUT2D eigenvalue weighted by molar-refractivity contribution is 5.76. The van der Waals surface area contributed by atoms with Crippen molar-refractivity contribution in [2.24, 2.45) is 5.73 Å². The van der Waals surface area contributed by atoms with Crippen LogP contribution >= 0.6 is 0 Å². The lowest BCUT2D eigenvalue weighted by molar-refractivity contribution is -0.138. The minimum atomic E-state index is -1.26. The van der Waals surface area contributed by atoms with Crippen LogP contribution in [0.5, 0.6) is 0 Å². The van der Waals surface area contributed by atoms with Crippen LogP contribution in [0.25, 0.3) is 0 Å². The average molecular weight is 229 g/mol. The Kier molecular flexibility index (Phi) is 3.95. The standard InChI is InChI=1S/C11H13F2NO2/c1-2-6-3-7(8(5-14)11(15)16)10(13)9(12)4-6/h3-4,8H,2,5,14H2,1H3,(H,15,16). The molecule has 0 radical (unpaired) electrons. The fourth-order valence-electron chi connectivity index (χ4n) is 1.49. The molecule has 0 amide bonds. The molecular formula is C11H13F2NO2. The van der Waals surface area contributed by atoms with Crippen molar-refractivity contribution >= 4 is 5.97 Å². The van der Waals surface area contributed by atoms with Gasteiger partial charge in [0, 0.05) is 12.1 Å². The van der Waals surface area contributed by atoms with Crippen LogP contribution in [-0.4, -0.2) is 17.6 Å². The maximum atomic E-state index is 13.4. The first-order chi connectivity index (χ1) is 7.51. The smallest absolute Gasteiger partial charge is 0.312 e. The van der Waals surface area contributed by atoms with Gasteiger partial charge in [-0.1, -0.05) is 13.0 Å². The van der Waals surface area contributed by atoms with Gasteiger partial charge in [-0.25, -0.2) is 8.78 Å². The van der Waals surface area contributed by atoms with Gasteiger partial charge in [0.2, 0.25) is 0 Å². The average Bonchev–Trinajstić information content (AvgIpc) is 2.24. The molecule has 3 nitrogen and oxygen atoms in total. The molecule has 0 spiro atoms. The Balaban J connectivity index is 3.30. The summed E-state index contributed by atoms with van der Waals surface area (Å²) >= 11 is 0. The Bertz CT molecular complexity index is 407. The van der Waals surface area contributed by atoms with Gasteiger partial charge in [0.05, 0.1) is 5.92 Å². The van der Waals surface area contributed by atoms with Gasteiger partial charge in [-0.15, -0.1) is 0 Å². The van der Waals surface area contributed by atoms with Gasteiger partial charge in [0.1, 0.15) is 0 Å². The third kappa shape index (κ3) is 2.36. The number of nitrogens with two attached hydrogens (primary N) is 1. The summed E-state index contributed by atoms with van der Waals surface area (Å²) in [4.78, 5) is 10.8. The monoisotopic (exact) mass is 229 g/mol. The number of carbonyl (C=O) groups is 1. The molecule has 88 valence electrons. The molecule has 0 aliphatic heterocycles. The minimum Gasteiger partial charge on any atom is -0.481 e. The second-order valence-electron chi connectivity index (χ2n) is 3.46. The van der Waals surface area contributed by atoms with Gasteiger partial charge in [-0.2, -0.15) is 0 Å². The van der Waals surface area contributed by atoms with E-state index in [-0.39, 0.29) is 12.1 Å². The number of hydrogen-bond acceptors (Lipinski definition) is 2. The van der Waals surface area contributed by atoms with Crippen LogP contribution in [0.3, 0.4) is 0 Å². The Morgan fingerprint density at radius 3 is 2.56 bits per heavy atom. The molecule has 0 heterocycles. The molecule has 0 aliphatic rings. The topological polar surface area (TPSA) is 63.3 Å². The zero-order chi connectivity index (χ0) is 12.3. The van der Waals surface area contributed by atoms with E-state index in [9.17, 15) is 13.6 Å². The summed E-state index contributed by atoms with van der Waals surface area (Å²) in [5.74, 6) is -4.63. The zero-order valence-corrected chi connectivity index (χ0v) is 8.84. The van der Waals surface area contributed by atoms with Crippen molar-refractivity contribution in [2.75, 3.05) is 6.54 Å². The molecule has 1 aromatic carbocycles. The number of aryl methyl sites for hydroxylation is 1. The van der Waals surface area contributed by atoms with Gasteiger partial charge in [-0.3, -0.25) is 4.79 Å². The first-order valence-electron chi connectivity index (χ1n) is 4.91. The molecule has 0 bridgehead atoms. The summed E-state index contributed by atoms with van der Waals surface area (Å²) < 4.78 is 26.6. The molecule has 1 unspecified atom stereocenters. The second-order valence-corrected chi connectivity index (χ2v) is 3.46. The third-order valence-electron chi connectivity index (χ3n) is 2.43. The van der Waals surface area contributed by atoms with Crippen molar-refractivity contribution in [3.63, 3.8) is 0 Å². The van der Waals surface area contributed by atoms with Crippen molar-refractivity contribution in [2.45, 2.75) is 19.3 Å². The number of hydrogen-bond donors (Lipinski definition) is 2. The Morgan fingerprint density at radius 2 is 2.12 bits per heavy atom. The molecule has 3 N–H and O–H groups in total. The molecule has 0 saturated carbocycles. The van der Waals surface area contributed by atoms with E-state index in [1.165, 1.54) is 6.07 Å². The van der Waals surface area contributed by atoms with E-state index in [1.54, 1.807) is 6.92 Å². The van der Waals surface area contributed by atoms with Crippen molar-refractivity contribution in [1.82, 2.24) is 0 Å². The highest BCUT2D eigenvalue weighted by Gasteiger charge is 2.24. The number of carboxylic acids is 1. The van der Waals surface area contributed by atoms with Gasteiger partial charge < -0.3 is 10.8 Å². The largest absolute Gasteiger partial charge is 0.481 e. The molecule has 0 fully saturated rings. The predicted octanol–water partition coefficient (Wildman–Crippen LogP) is 1.65. The molecule has 0 aromatic heterocycles. The first kappa shape index (κ1) is 12.6. The summed E-state index contributed by atoms with van der Waals surface area (Å²) in [7, 11) is 0. The quantitative estimate of drug-likeness (QED) is 0.825. The Labute approximate surface area is 91.9 Å². The highest BCUT2D eigenvalue weighted by Crippen LogP contribution is 2.23. The molecule has 0 aliphatic carbocycles. The Morgan fingerprint density at radius 1 is 1.50 bits per heavy atom. The van der Waals surface area contributed by atoms with Crippen LogP contribution in [0.2, 0.25) is 0 Å². The number of aliphatic carboxylic acids is 1. The molecular weight excluding hydrogens is 216 g/mol. The Hall–Kier alpha value is -1.49. The summed E-state index contributed by atoms with van der Waals surface area (Å²) in [6.45, 7) is 1.51. The van der Waals surface area contributed by atoms with Crippen LogP contribution in [-0.2, 0) is 11.2 Å². The van der Waals surface area contributed by atoms with Crippen molar-refractivity contribution in [3.8, 4) is 0 Å². The van der Waals surface area contributed by atoms with Crippen LogP contribution in [0.4, 0.5) is 8.78 Å². The lowest BCUT2D eigenvalue weighted by Gasteiger charge is -2.13. The summed E-state index contributed by atoms with van der Waals surface area (Å²) in [6.07, 6.45) is 0.501. The van der Waals surface area contributed by atoms with Crippen LogP contribution in [0.15, 0.2) is 12.1 Å². The number of carboxylic acid groups (broad SMARTS) is 1. The van der Waals surface area contributed by atoms with E-state index in [0.717, 1.165) is 6.07 Å². The van der Waals surface area contributed by atoms with Gasteiger partial charge >= 0.3 is 5.97 Å². The van der Waals surface area contributed by atoms with Crippen LogP contribution < -0.4 is 5.73 Å². The summed E-state index contributed by atoms with van der Waals surface area (Å²) in [5.41, 5.74) is 5.61. The molecule has 1 atom stereocenters. The summed E-state index contributed by atoms with van der Waals surface area (Å²) in [6, 6.07) is 2.42. The molecule has 16 heavy (non-hydrogen) atoms. The SMILES string of the molecule is CCc1cc(F)c(F)c(C(CN)C(=O)O)c1. The lowest BCUT2D eigenvalue weighted by atomic mass is 9.96. The highest BCUT2D eigenvalue weighted by atomic mass is 19.2. The molecule has 0 saturated heterocycles. The van der Waals surface area contributed by atoms with Crippen molar-refractivity contribution in [3.05, 3.63) is 34.9 Å². The molecule has 1 aromatic rings. The third-order valence-corrected chi connectivity index (χ3v) is 2.43. The zero-order valence-electron chi connectivity index (χ0n) is 8.84. The maximum absolute atomic E-state index is 13.4. The fourth-order valence-corrected chi connectivity index (χ4v) is 1.49. The van der Waals surface area contributed by atoms with E-state index in [2.05, 4.69) is 0 Å². The number of rotatable bonds is 4. The first-order valence-corrected chi connectivity index (χ1v) is 4.91. The van der Waals surface area contributed by atoms with E-state index in [4.69, 9.17) is 10.8 Å².